The first kappa shape index (κ1) is 17.1. The van der Waals surface area contributed by atoms with Crippen molar-refractivity contribution >= 4 is 28.2 Å². The summed E-state index contributed by atoms with van der Waals surface area (Å²) in [5, 5.41) is 14.1. The van der Waals surface area contributed by atoms with Gasteiger partial charge in [-0.05, 0) is 24.6 Å². The van der Waals surface area contributed by atoms with Crippen LogP contribution in [0.15, 0.2) is 31.4 Å². The zero-order valence-electron chi connectivity index (χ0n) is 12.1. The van der Waals surface area contributed by atoms with Gasteiger partial charge in [-0.2, -0.15) is 0 Å². The first-order valence-electron chi connectivity index (χ1n) is 6.71. The van der Waals surface area contributed by atoms with E-state index in [0.29, 0.717) is 24.5 Å². The average molecular weight is 308 g/mol. The molecule has 0 radical (unpaired) electrons. The van der Waals surface area contributed by atoms with Crippen molar-refractivity contribution in [3.8, 4) is 0 Å². The minimum absolute atomic E-state index is 0.0409. The highest BCUT2D eigenvalue weighted by molar-refractivity contribution is 7.16. The van der Waals surface area contributed by atoms with E-state index in [1.54, 1.807) is 18.2 Å². The lowest BCUT2D eigenvalue weighted by Gasteiger charge is -2.15. The minimum atomic E-state index is -1.28. The Kier molecular flexibility index (Phi) is 6.84. The van der Waals surface area contributed by atoms with E-state index >= 15 is 0 Å². The Bertz CT molecular complexity index is 527. The van der Waals surface area contributed by atoms with E-state index in [2.05, 4.69) is 18.5 Å². The monoisotopic (exact) mass is 308 g/mol. The lowest BCUT2D eigenvalue weighted by Crippen LogP contribution is -3.12. The van der Waals surface area contributed by atoms with Crippen LogP contribution < -0.4 is 15.3 Å². The van der Waals surface area contributed by atoms with Crippen molar-refractivity contribution in [3.63, 3.8) is 0 Å². The highest BCUT2D eigenvalue weighted by Crippen LogP contribution is 2.27. The molecular weight excluding hydrogens is 288 g/mol. The molecule has 0 fully saturated rings. The van der Waals surface area contributed by atoms with Gasteiger partial charge in [0.2, 0.25) is 0 Å². The number of quaternary nitrogens is 1. The third-order valence-corrected chi connectivity index (χ3v) is 4.08. The molecule has 1 rings (SSSR count). The first-order chi connectivity index (χ1) is 10.0. The molecule has 0 aliphatic carbocycles. The number of anilines is 1. The molecule has 6 heteroatoms. The quantitative estimate of drug-likeness (QED) is 0.624. The van der Waals surface area contributed by atoms with E-state index < -0.39 is 5.97 Å². The van der Waals surface area contributed by atoms with E-state index in [-0.39, 0.29) is 18.0 Å². The Balaban J connectivity index is 2.77. The molecule has 0 saturated heterocycles. The zero-order chi connectivity index (χ0) is 15.8. The van der Waals surface area contributed by atoms with E-state index in [1.165, 1.54) is 11.3 Å². The maximum atomic E-state index is 12.0. The van der Waals surface area contributed by atoms with Gasteiger partial charge in [0.05, 0.1) is 19.1 Å². The van der Waals surface area contributed by atoms with Crippen LogP contribution in [-0.4, -0.2) is 31.5 Å². The highest BCUT2D eigenvalue weighted by Gasteiger charge is 2.16. The lowest BCUT2D eigenvalue weighted by atomic mass is 10.2. The van der Waals surface area contributed by atoms with Crippen LogP contribution in [0.5, 0.6) is 0 Å². The predicted octanol–water partition coefficient (Wildman–Crippen LogP) is -0.131. The molecule has 0 atom stereocenters. The van der Waals surface area contributed by atoms with Crippen LogP contribution >= 0.6 is 11.3 Å². The number of nitrogens with one attached hydrogen (secondary N) is 2. The molecule has 1 heterocycles. The third kappa shape index (κ3) is 5.17. The average Bonchev–Trinajstić information content (AvgIpc) is 2.82. The van der Waals surface area contributed by atoms with E-state index in [4.69, 9.17) is 0 Å². The van der Waals surface area contributed by atoms with Crippen molar-refractivity contribution in [1.82, 2.24) is 0 Å². The molecule has 0 saturated carbocycles. The largest absolute Gasteiger partial charge is 0.545 e. The van der Waals surface area contributed by atoms with Crippen LogP contribution in [0.3, 0.4) is 0 Å². The van der Waals surface area contributed by atoms with Crippen LogP contribution in [0.2, 0.25) is 0 Å². The van der Waals surface area contributed by atoms with Crippen LogP contribution in [0, 0.1) is 0 Å². The number of aromatic carboxylic acids is 1. The lowest BCUT2D eigenvalue weighted by molar-refractivity contribution is -0.879. The number of thiophene rings is 1. The summed E-state index contributed by atoms with van der Waals surface area (Å²) in [6, 6.07) is 1.55. The summed E-state index contributed by atoms with van der Waals surface area (Å²) < 4.78 is 0. The molecule has 5 nitrogen and oxygen atoms in total. The Morgan fingerprint density at radius 1 is 1.38 bits per heavy atom. The Morgan fingerprint density at radius 3 is 2.48 bits per heavy atom. The van der Waals surface area contributed by atoms with Gasteiger partial charge in [-0.25, -0.2) is 0 Å². The Hall–Kier alpha value is -1.92. The summed E-state index contributed by atoms with van der Waals surface area (Å²) in [6.07, 6.45) is 4.18. The number of carboxylic acid groups (broad SMARTS) is 1. The fourth-order valence-electron chi connectivity index (χ4n) is 1.89. The molecular formula is C15H20N2O3S. The van der Waals surface area contributed by atoms with Gasteiger partial charge >= 0.3 is 0 Å². The first-order valence-corrected chi connectivity index (χ1v) is 7.52. The summed E-state index contributed by atoms with van der Waals surface area (Å²) in [5.74, 6) is -1.51. The number of carbonyl (C=O) groups excluding carboxylic acids is 2. The highest BCUT2D eigenvalue weighted by atomic mass is 32.1. The smallest absolute Gasteiger partial charge is 0.280 e. The normalized spacial score (nSPS) is 10.4. The standard InChI is InChI=1S/C15H20N2O3S/c1-4-7-17(8-5-2)10-13(18)16-14-12(15(19)20)9-11(6-3)21-14/h4-5,9H,1-2,6-8,10H2,3H3,(H,16,18)(H,19,20). The number of carbonyl (C=O) groups is 2. The van der Waals surface area contributed by atoms with Crippen molar-refractivity contribution in [2.45, 2.75) is 13.3 Å². The maximum Gasteiger partial charge on any atom is 0.280 e. The molecule has 0 spiro atoms. The number of rotatable bonds is 9. The fourth-order valence-corrected chi connectivity index (χ4v) is 2.89. The molecule has 0 aromatic carbocycles. The molecule has 0 unspecified atom stereocenters. The number of carboxylic acids is 1. The molecule has 21 heavy (non-hydrogen) atoms. The molecule has 2 N–H and O–H groups in total. The van der Waals surface area contributed by atoms with Crippen molar-refractivity contribution in [3.05, 3.63) is 41.8 Å². The van der Waals surface area contributed by atoms with Crippen molar-refractivity contribution in [2.75, 3.05) is 25.0 Å². The van der Waals surface area contributed by atoms with Gasteiger partial charge in [-0.1, -0.05) is 20.1 Å². The number of hydrogen-bond donors (Lipinski definition) is 2. The van der Waals surface area contributed by atoms with Crippen molar-refractivity contribution < 1.29 is 19.6 Å². The van der Waals surface area contributed by atoms with Gasteiger partial charge in [0.1, 0.15) is 5.00 Å². The van der Waals surface area contributed by atoms with Gasteiger partial charge in [0, 0.05) is 10.4 Å². The molecule has 0 aliphatic rings. The Morgan fingerprint density at radius 2 is 2.00 bits per heavy atom. The molecule has 0 bridgehead atoms. The van der Waals surface area contributed by atoms with Gasteiger partial charge in [-0.15, -0.1) is 11.3 Å². The van der Waals surface area contributed by atoms with Crippen molar-refractivity contribution in [1.29, 1.82) is 0 Å². The van der Waals surface area contributed by atoms with Gasteiger partial charge in [0.25, 0.3) is 5.91 Å². The van der Waals surface area contributed by atoms with Gasteiger partial charge in [-0.3, -0.25) is 4.79 Å². The number of aryl methyl sites for hydroxylation is 1. The molecule has 0 aliphatic heterocycles. The van der Waals surface area contributed by atoms with Crippen LogP contribution in [0.25, 0.3) is 0 Å². The maximum absolute atomic E-state index is 12.0. The predicted molar refractivity (Wildman–Crippen MR) is 82.6 cm³/mol. The van der Waals surface area contributed by atoms with E-state index in [0.717, 1.165) is 9.78 Å². The number of amides is 1. The second kappa shape index (κ2) is 8.39. The second-order valence-corrected chi connectivity index (χ2v) is 5.69. The summed E-state index contributed by atoms with van der Waals surface area (Å²) in [6.45, 7) is 10.7. The third-order valence-electron chi connectivity index (χ3n) is 2.88. The zero-order valence-corrected chi connectivity index (χ0v) is 12.9. The fraction of sp³-hybridized carbons (Fsp3) is 0.333. The van der Waals surface area contributed by atoms with Crippen LogP contribution in [0.4, 0.5) is 5.00 Å². The molecule has 114 valence electrons. The molecule has 1 aromatic rings. The van der Waals surface area contributed by atoms with Crippen LogP contribution in [0.1, 0.15) is 22.2 Å². The molecule has 1 aromatic heterocycles. The summed E-state index contributed by atoms with van der Waals surface area (Å²) in [7, 11) is 0. The minimum Gasteiger partial charge on any atom is -0.545 e. The van der Waals surface area contributed by atoms with Gasteiger partial charge in [0.15, 0.2) is 6.54 Å². The summed E-state index contributed by atoms with van der Waals surface area (Å²) >= 11 is 1.27. The van der Waals surface area contributed by atoms with Gasteiger partial charge < -0.3 is 20.1 Å². The number of hydrogen-bond acceptors (Lipinski definition) is 4. The Labute approximate surface area is 128 Å². The van der Waals surface area contributed by atoms with Crippen LogP contribution in [-0.2, 0) is 11.2 Å². The van der Waals surface area contributed by atoms with Crippen molar-refractivity contribution in [2.24, 2.45) is 0 Å². The summed E-state index contributed by atoms with van der Waals surface area (Å²) in [4.78, 5) is 25.0. The second-order valence-electron chi connectivity index (χ2n) is 4.56. The SMILES string of the molecule is C=CC[NH+](CC=C)CC(=O)Nc1sc(CC)cc1C(=O)[O-]. The van der Waals surface area contributed by atoms with E-state index in [9.17, 15) is 14.7 Å². The summed E-state index contributed by atoms with van der Waals surface area (Å²) in [5.41, 5.74) is 0.0409. The van der Waals surface area contributed by atoms with E-state index in [1.807, 2.05) is 6.92 Å². The molecule has 1 amide bonds. The topological polar surface area (TPSA) is 73.7 Å².